The van der Waals surface area contributed by atoms with E-state index in [2.05, 4.69) is 33.0 Å². The normalized spacial score (nSPS) is 13.9. The van der Waals surface area contributed by atoms with Crippen molar-refractivity contribution < 1.29 is 0 Å². The summed E-state index contributed by atoms with van der Waals surface area (Å²) in [6.45, 7) is 9.64. The van der Waals surface area contributed by atoms with Crippen molar-refractivity contribution in [2.45, 2.75) is 33.7 Å². The van der Waals surface area contributed by atoms with Gasteiger partial charge < -0.3 is 5.32 Å². The Hall–Kier alpha value is -0.240. The fourth-order valence-corrected chi connectivity index (χ4v) is 1.90. The lowest BCUT2D eigenvalue weighted by molar-refractivity contribution is 0.359. The van der Waals surface area contributed by atoms with Gasteiger partial charge in [0, 0.05) is 12.6 Å². The summed E-state index contributed by atoms with van der Waals surface area (Å²) < 4.78 is 0. The molecule has 0 aliphatic heterocycles. The third-order valence-corrected chi connectivity index (χ3v) is 3.22. The van der Waals surface area contributed by atoms with E-state index in [0.717, 1.165) is 12.1 Å². The summed E-state index contributed by atoms with van der Waals surface area (Å²) in [5, 5.41) is 4.73. The monoisotopic (exact) mass is 259 g/mol. The molecule has 90 valence electrons. The van der Waals surface area contributed by atoms with E-state index in [0.29, 0.717) is 10.0 Å². The zero-order chi connectivity index (χ0) is 12.3. The predicted octanol–water partition coefficient (Wildman–Crippen LogP) is 4.69. The second-order valence-electron chi connectivity index (χ2n) is 5.31. The van der Waals surface area contributed by atoms with Gasteiger partial charge in [0.2, 0.25) is 0 Å². The zero-order valence-electron chi connectivity index (χ0n) is 10.3. The third-order valence-electron chi connectivity index (χ3n) is 2.39. The van der Waals surface area contributed by atoms with Crippen molar-refractivity contribution in [3.8, 4) is 0 Å². The molecule has 0 heterocycles. The summed E-state index contributed by atoms with van der Waals surface area (Å²) in [6, 6.07) is 5.96. The molecule has 0 aliphatic rings. The van der Waals surface area contributed by atoms with Crippen LogP contribution in [-0.4, -0.2) is 6.54 Å². The molecule has 0 fully saturated rings. The highest BCUT2D eigenvalue weighted by Crippen LogP contribution is 2.30. The number of hydrogen-bond donors (Lipinski definition) is 1. The molecule has 1 nitrogen and oxygen atoms in total. The second kappa shape index (κ2) is 5.39. The molecule has 1 unspecified atom stereocenters. The van der Waals surface area contributed by atoms with Crippen LogP contribution in [0.5, 0.6) is 0 Å². The van der Waals surface area contributed by atoms with Crippen LogP contribution >= 0.6 is 23.2 Å². The molecule has 1 aromatic rings. The van der Waals surface area contributed by atoms with E-state index >= 15 is 0 Å². The maximum atomic E-state index is 6.17. The smallest absolute Gasteiger partial charge is 0.0639 e. The molecule has 0 aliphatic carbocycles. The van der Waals surface area contributed by atoms with Gasteiger partial charge in [-0.15, -0.1) is 0 Å². The molecule has 0 bridgehead atoms. The van der Waals surface area contributed by atoms with Crippen LogP contribution < -0.4 is 5.32 Å². The minimum Gasteiger partial charge on any atom is -0.310 e. The molecule has 1 N–H and O–H groups in total. The Morgan fingerprint density at radius 1 is 1.25 bits per heavy atom. The molecular formula is C13H19Cl2N. The quantitative estimate of drug-likeness (QED) is 0.831. The van der Waals surface area contributed by atoms with E-state index in [1.165, 1.54) is 0 Å². The first-order valence-corrected chi connectivity index (χ1v) is 6.24. The van der Waals surface area contributed by atoms with Crippen molar-refractivity contribution in [1.29, 1.82) is 0 Å². The molecule has 0 aromatic heterocycles. The van der Waals surface area contributed by atoms with Crippen molar-refractivity contribution in [3.63, 3.8) is 0 Å². The third kappa shape index (κ3) is 3.97. The largest absolute Gasteiger partial charge is 0.310 e. The average Bonchev–Trinajstić information content (AvgIpc) is 2.17. The maximum absolute atomic E-state index is 6.17. The Morgan fingerprint density at radius 3 is 2.44 bits per heavy atom. The molecular weight excluding hydrogens is 241 g/mol. The summed E-state index contributed by atoms with van der Waals surface area (Å²) >= 11 is 12.2. The topological polar surface area (TPSA) is 12.0 Å². The summed E-state index contributed by atoms with van der Waals surface area (Å²) in [4.78, 5) is 0. The molecule has 0 radical (unpaired) electrons. The van der Waals surface area contributed by atoms with Gasteiger partial charge in [0.05, 0.1) is 10.0 Å². The van der Waals surface area contributed by atoms with Crippen LogP contribution in [0, 0.1) is 5.41 Å². The summed E-state index contributed by atoms with van der Waals surface area (Å²) in [6.07, 6.45) is 0. The van der Waals surface area contributed by atoms with Gasteiger partial charge in [-0.05, 0) is 24.0 Å². The van der Waals surface area contributed by atoms with Crippen molar-refractivity contribution in [1.82, 2.24) is 5.32 Å². The number of nitrogens with one attached hydrogen (secondary N) is 1. The molecule has 16 heavy (non-hydrogen) atoms. The number of halogens is 2. The van der Waals surface area contributed by atoms with Gasteiger partial charge in [-0.3, -0.25) is 0 Å². The van der Waals surface area contributed by atoms with E-state index in [4.69, 9.17) is 23.2 Å². The molecule has 3 heteroatoms. The molecule has 0 amide bonds. The lowest BCUT2D eigenvalue weighted by Gasteiger charge is -2.23. The number of benzene rings is 1. The van der Waals surface area contributed by atoms with Crippen LogP contribution in [-0.2, 0) is 0 Å². The lowest BCUT2D eigenvalue weighted by atomic mass is 9.96. The Balaban J connectivity index is 2.73. The Kier molecular flexibility index (Phi) is 4.66. The molecule has 0 spiro atoms. The fourth-order valence-electron chi connectivity index (χ4n) is 1.42. The van der Waals surface area contributed by atoms with Crippen molar-refractivity contribution >= 4 is 23.2 Å². The molecule has 0 saturated heterocycles. The van der Waals surface area contributed by atoms with Gasteiger partial charge in [-0.25, -0.2) is 0 Å². The van der Waals surface area contributed by atoms with E-state index in [1.807, 2.05) is 18.2 Å². The minimum atomic E-state index is 0.213. The highest BCUT2D eigenvalue weighted by atomic mass is 35.5. The van der Waals surface area contributed by atoms with Crippen LogP contribution in [0.4, 0.5) is 0 Å². The molecule has 1 aromatic carbocycles. The van der Waals surface area contributed by atoms with Gasteiger partial charge in [0.15, 0.2) is 0 Å². The highest BCUT2D eigenvalue weighted by Gasteiger charge is 2.15. The van der Waals surface area contributed by atoms with E-state index in [-0.39, 0.29) is 11.5 Å². The summed E-state index contributed by atoms with van der Waals surface area (Å²) in [7, 11) is 0. The Morgan fingerprint density at radius 2 is 1.88 bits per heavy atom. The van der Waals surface area contributed by atoms with Crippen LogP contribution in [0.3, 0.4) is 0 Å². The molecule has 1 atom stereocenters. The van der Waals surface area contributed by atoms with Crippen molar-refractivity contribution in [2.75, 3.05) is 6.54 Å². The van der Waals surface area contributed by atoms with Crippen LogP contribution in [0.1, 0.15) is 39.3 Å². The first-order chi connectivity index (χ1) is 7.31. The summed E-state index contributed by atoms with van der Waals surface area (Å²) in [5.74, 6) is 0. The van der Waals surface area contributed by atoms with Gasteiger partial charge in [0.25, 0.3) is 0 Å². The molecule has 1 rings (SSSR count). The Labute approximate surface area is 108 Å². The van der Waals surface area contributed by atoms with Crippen LogP contribution in [0.25, 0.3) is 0 Å². The average molecular weight is 260 g/mol. The predicted molar refractivity (Wildman–Crippen MR) is 72.3 cm³/mol. The van der Waals surface area contributed by atoms with Crippen molar-refractivity contribution in [2.24, 2.45) is 5.41 Å². The summed E-state index contributed by atoms with van der Waals surface area (Å²) in [5.41, 5.74) is 1.32. The first kappa shape index (κ1) is 13.8. The minimum absolute atomic E-state index is 0.213. The van der Waals surface area contributed by atoms with E-state index in [1.54, 1.807) is 0 Å². The zero-order valence-corrected chi connectivity index (χ0v) is 11.8. The van der Waals surface area contributed by atoms with Gasteiger partial charge in [-0.2, -0.15) is 0 Å². The van der Waals surface area contributed by atoms with E-state index in [9.17, 15) is 0 Å². The van der Waals surface area contributed by atoms with Crippen LogP contribution in [0.15, 0.2) is 18.2 Å². The van der Waals surface area contributed by atoms with Gasteiger partial charge in [0.1, 0.15) is 0 Å². The highest BCUT2D eigenvalue weighted by molar-refractivity contribution is 6.42. The molecule has 0 saturated carbocycles. The number of rotatable bonds is 3. The van der Waals surface area contributed by atoms with Crippen LogP contribution in [0.2, 0.25) is 10.0 Å². The van der Waals surface area contributed by atoms with Gasteiger partial charge in [-0.1, -0.05) is 56.1 Å². The van der Waals surface area contributed by atoms with E-state index < -0.39 is 0 Å². The lowest BCUT2D eigenvalue weighted by Crippen LogP contribution is -2.29. The Bertz CT molecular complexity index is 355. The van der Waals surface area contributed by atoms with Crippen molar-refractivity contribution in [3.05, 3.63) is 33.8 Å². The first-order valence-electron chi connectivity index (χ1n) is 5.48. The van der Waals surface area contributed by atoms with Gasteiger partial charge >= 0.3 is 0 Å². The maximum Gasteiger partial charge on any atom is 0.0639 e. The number of hydrogen-bond acceptors (Lipinski definition) is 1. The fraction of sp³-hybridized carbons (Fsp3) is 0.538. The SMILES string of the molecule is CC(NCC(C)(C)C)c1cccc(Cl)c1Cl. The standard InChI is InChI=1S/C13H19Cl2N/c1-9(16-8-13(2,3)4)10-6-5-7-11(14)12(10)15/h5-7,9,16H,8H2,1-4H3. The second-order valence-corrected chi connectivity index (χ2v) is 6.09.